The van der Waals surface area contributed by atoms with Gasteiger partial charge in [0.25, 0.3) is 0 Å². The zero-order valence-corrected chi connectivity index (χ0v) is 14.2. The number of hydrogen-bond acceptors (Lipinski definition) is 5. The van der Waals surface area contributed by atoms with E-state index in [1.165, 1.54) is 11.3 Å². The Hall–Kier alpha value is -2.80. The van der Waals surface area contributed by atoms with Crippen LogP contribution in [0.2, 0.25) is 0 Å². The molecule has 0 atom stereocenters. The average Bonchev–Trinajstić information content (AvgIpc) is 3.02. The molecule has 3 rings (SSSR count). The number of nitrogens with zero attached hydrogens (tertiary/aromatic N) is 2. The van der Waals surface area contributed by atoms with Gasteiger partial charge in [0.2, 0.25) is 5.13 Å². The van der Waals surface area contributed by atoms with Crippen LogP contribution >= 0.6 is 11.3 Å². The number of benzene rings is 2. The Kier molecular flexibility index (Phi) is 5.35. The fraction of sp³-hybridized carbons (Fsp3) is 0.111. The first-order valence-electron chi connectivity index (χ1n) is 7.48. The molecule has 0 aliphatic heterocycles. The lowest BCUT2D eigenvalue weighted by molar-refractivity contribution is 0.288. The quantitative estimate of drug-likeness (QED) is 0.510. The van der Waals surface area contributed by atoms with Crippen molar-refractivity contribution in [2.75, 3.05) is 5.43 Å². The molecule has 0 bridgehead atoms. The molecule has 0 spiro atoms. The van der Waals surface area contributed by atoms with Gasteiger partial charge < -0.3 is 4.74 Å². The maximum atomic E-state index is 13.5. The topological polar surface area (TPSA) is 46.5 Å². The molecule has 0 saturated carbocycles. The number of aromatic nitrogens is 1. The van der Waals surface area contributed by atoms with Crippen molar-refractivity contribution < 1.29 is 13.5 Å². The lowest BCUT2D eigenvalue weighted by atomic mass is 10.1. The van der Waals surface area contributed by atoms with Gasteiger partial charge >= 0.3 is 0 Å². The molecule has 0 aliphatic rings. The Morgan fingerprint density at radius 1 is 1.20 bits per heavy atom. The van der Waals surface area contributed by atoms with E-state index in [1.54, 1.807) is 6.21 Å². The predicted molar refractivity (Wildman–Crippen MR) is 95.2 cm³/mol. The smallest absolute Gasteiger partial charge is 0.203 e. The summed E-state index contributed by atoms with van der Waals surface area (Å²) in [6.07, 6.45) is 1.67. The third-order valence-corrected chi connectivity index (χ3v) is 4.12. The molecule has 128 valence electrons. The molecule has 1 N–H and O–H groups in total. The van der Waals surface area contributed by atoms with E-state index in [0.717, 1.165) is 40.2 Å². The number of aryl methyl sites for hydroxylation is 1. The zero-order valence-electron chi connectivity index (χ0n) is 13.4. The summed E-state index contributed by atoms with van der Waals surface area (Å²) in [4.78, 5) is 4.24. The summed E-state index contributed by atoms with van der Waals surface area (Å²) in [5.41, 5.74) is 5.54. The minimum absolute atomic E-state index is 0.103. The van der Waals surface area contributed by atoms with Crippen molar-refractivity contribution in [3.63, 3.8) is 0 Å². The molecule has 7 heteroatoms. The first-order chi connectivity index (χ1) is 12.1. The van der Waals surface area contributed by atoms with Crippen molar-refractivity contribution in [1.29, 1.82) is 0 Å². The number of rotatable bonds is 6. The summed E-state index contributed by atoms with van der Waals surface area (Å²) in [6, 6.07) is 10.5. The Balaban J connectivity index is 1.55. The van der Waals surface area contributed by atoms with Crippen LogP contribution in [0, 0.1) is 18.6 Å². The molecule has 0 fully saturated rings. The number of nitrogens with one attached hydrogen (secondary N) is 1. The van der Waals surface area contributed by atoms with Crippen LogP contribution in [0.3, 0.4) is 0 Å². The van der Waals surface area contributed by atoms with E-state index in [-0.39, 0.29) is 12.4 Å². The van der Waals surface area contributed by atoms with Crippen LogP contribution in [0.1, 0.15) is 16.8 Å². The van der Waals surface area contributed by atoms with Gasteiger partial charge in [-0.2, -0.15) is 5.10 Å². The van der Waals surface area contributed by atoms with Crippen molar-refractivity contribution in [1.82, 2.24) is 4.98 Å². The van der Waals surface area contributed by atoms with Crippen molar-refractivity contribution in [3.8, 4) is 5.75 Å². The third-order valence-electron chi connectivity index (χ3n) is 3.26. The van der Waals surface area contributed by atoms with Crippen molar-refractivity contribution >= 4 is 22.7 Å². The number of ether oxygens (including phenoxy) is 1. The monoisotopic (exact) mass is 359 g/mol. The summed E-state index contributed by atoms with van der Waals surface area (Å²) in [7, 11) is 0. The number of anilines is 1. The summed E-state index contributed by atoms with van der Waals surface area (Å²) >= 11 is 1.48. The van der Waals surface area contributed by atoms with Crippen LogP contribution in [0.5, 0.6) is 5.75 Å². The maximum Gasteiger partial charge on any atom is 0.203 e. The van der Waals surface area contributed by atoms with E-state index < -0.39 is 11.6 Å². The van der Waals surface area contributed by atoms with Crippen LogP contribution in [0.4, 0.5) is 13.9 Å². The average molecular weight is 359 g/mol. The van der Waals surface area contributed by atoms with Gasteiger partial charge in [0.05, 0.1) is 11.9 Å². The number of halogens is 2. The van der Waals surface area contributed by atoms with E-state index in [0.29, 0.717) is 0 Å². The van der Waals surface area contributed by atoms with Gasteiger partial charge in [0.15, 0.2) is 11.6 Å². The van der Waals surface area contributed by atoms with E-state index in [2.05, 4.69) is 15.5 Å². The molecule has 0 radical (unpaired) electrons. The normalized spacial score (nSPS) is 11.0. The molecular weight excluding hydrogens is 344 g/mol. The largest absolute Gasteiger partial charge is 0.486 e. The molecule has 0 aliphatic carbocycles. The van der Waals surface area contributed by atoms with Crippen LogP contribution in [0.15, 0.2) is 52.9 Å². The van der Waals surface area contributed by atoms with Gasteiger partial charge in [-0.15, -0.1) is 11.3 Å². The summed E-state index contributed by atoms with van der Waals surface area (Å²) in [6.45, 7) is 2.07. The van der Waals surface area contributed by atoms with Gasteiger partial charge in [-0.3, -0.25) is 5.43 Å². The van der Waals surface area contributed by atoms with E-state index >= 15 is 0 Å². The van der Waals surface area contributed by atoms with E-state index in [4.69, 9.17) is 4.74 Å². The first kappa shape index (κ1) is 17.0. The maximum absolute atomic E-state index is 13.5. The molecule has 1 heterocycles. The van der Waals surface area contributed by atoms with Gasteiger partial charge in [-0.05, 0) is 30.2 Å². The summed E-state index contributed by atoms with van der Waals surface area (Å²) in [5, 5.41) is 6.79. The number of hydrogen-bond donors (Lipinski definition) is 1. The van der Waals surface area contributed by atoms with Gasteiger partial charge in [-0.1, -0.05) is 24.3 Å². The molecular formula is C18H15F2N3OS. The number of thiazole rings is 1. The predicted octanol–water partition coefficient (Wildman–Crippen LogP) is 4.75. The van der Waals surface area contributed by atoms with Crippen molar-refractivity contribution in [3.05, 3.63) is 76.3 Å². The Morgan fingerprint density at radius 2 is 2.00 bits per heavy atom. The SMILES string of the molecule is Cc1csc(NN=Cc2ccc(COc3cc(F)ccc3F)cc2)n1. The van der Waals surface area contributed by atoms with Gasteiger partial charge in [0.1, 0.15) is 12.4 Å². The fourth-order valence-corrected chi connectivity index (χ4v) is 2.65. The highest BCUT2D eigenvalue weighted by Gasteiger charge is 2.05. The minimum atomic E-state index is -0.589. The highest BCUT2D eigenvalue weighted by atomic mass is 32.1. The van der Waals surface area contributed by atoms with Crippen molar-refractivity contribution in [2.24, 2.45) is 5.10 Å². The second-order valence-corrected chi connectivity index (χ2v) is 6.13. The zero-order chi connectivity index (χ0) is 17.6. The van der Waals surface area contributed by atoms with Crippen molar-refractivity contribution in [2.45, 2.75) is 13.5 Å². The molecule has 0 saturated heterocycles. The van der Waals surface area contributed by atoms with Gasteiger partial charge in [-0.25, -0.2) is 13.8 Å². The standard InChI is InChI=1S/C18H15F2N3OS/c1-12-11-25-18(22-12)23-21-9-13-2-4-14(5-3-13)10-24-17-8-15(19)6-7-16(17)20/h2-9,11H,10H2,1H3,(H,22,23). The third kappa shape index (κ3) is 4.84. The Labute approximate surface area is 147 Å². The van der Waals surface area contributed by atoms with E-state index in [1.807, 2.05) is 36.6 Å². The fourth-order valence-electron chi connectivity index (χ4n) is 2.02. The Morgan fingerprint density at radius 3 is 2.72 bits per heavy atom. The Bertz CT molecular complexity index is 878. The second kappa shape index (κ2) is 7.85. The molecule has 0 amide bonds. The molecule has 3 aromatic rings. The first-order valence-corrected chi connectivity index (χ1v) is 8.36. The highest BCUT2D eigenvalue weighted by molar-refractivity contribution is 7.13. The number of hydrazone groups is 1. The lowest BCUT2D eigenvalue weighted by Gasteiger charge is -2.07. The molecule has 1 aromatic heterocycles. The highest BCUT2D eigenvalue weighted by Crippen LogP contribution is 2.19. The summed E-state index contributed by atoms with van der Waals surface area (Å²) < 4.78 is 31.9. The summed E-state index contributed by atoms with van der Waals surface area (Å²) in [5.74, 6) is -1.23. The molecule has 2 aromatic carbocycles. The van der Waals surface area contributed by atoms with Gasteiger partial charge in [0, 0.05) is 11.4 Å². The van der Waals surface area contributed by atoms with E-state index in [9.17, 15) is 8.78 Å². The molecule has 25 heavy (non-hydrogen) atoms. The van der Waals surface area contributed by atoms with Crippen LogP contribution in [-0.2, 0) is 6.61 Å². The molecule has 4 nitrogen and oxygen atoms in total. The van der Waals surface area contributed by atoms with Crippen LogP contribution in [-0.4, -0.2) is 11.2 Å². The lowest BCUT2D eigenvalue weighted by Crippen LogP contribution is -1.98. The molecule has 0 unspecified atom stereocenters. The second-order valence-electron chi connectivity index (χ2n) is 5.27. The van der Waals surface area contributed by atoms with Crippen LogP contribution in [0.25, 0.3) is 0 Å². The van der Waals surface area contributed by atoms with Crippen LogP contribution < -0.4 is 10.2 Å². The minimum Gasteiger partial charge on any atom is -0.486 e.